The number of carbonyl (C=O) groups is 2. The first-order chi connectivity index (χ1) is 33.8. The summed E-state index contributed by atoms with van der Waals surface area (Å²) in [5.74, 6) is 4.30. The van der Waals surface area contributed by atoms with Crippen molar-refractivity contribution in [2.45, 2.75) is 70.6 Å². The molecular weight excluding hydrogens is 888 g/mol. The van der Waals surface area contributed by atoms with E-state index < -0.39 is 12.7 Å². The Morgan fingerprint density at radius 1 is 0.800 bits per heavy atom. The third-order valence-corrected chi connectivity index (χ3v) is 14.1. The predicted molar refractivity (Wildman–Crippen MR) is 271 cm³/mol. The number of fused-ring (bicyclic) bond motifs is 5. The standard InChI is InChI=1S/C27H33FN6O2.C26H30N6O2/c1-32(15-21(29)13-28)9-8-18-11-23-22(10-20(18)16-35)30-27(33(23)2)24-12-19-6-7-25(36-3)31-26(19)34(24)14-17-4-5-17;1-15(27)13-31-9-8-17-10-21-20(12-19(17)26(31)33)28-25(30(21)2)22-11-18-6-7-23(34-3)29-24(18)32(22)14-16-4-5-16/h6-7,10-12,16-17,21H,4-5,8-9,13-15,29H2,1-3H3;6-7,10-12,15-16H,4-5,8-9,13-14,27H2,1-3H3. The Morgan fingerprint density at radius 3 is 1.87 bits per heavy atom. The fourth-order valence-corrected chi connectivity index (χ4v) is 9.97. The van der Waals surface area contributed by atoms with Crippen molar-refractivity contribution in [3.63, 3.8) is 0 Å². The average Bonchev–Trinajstić information content (AvgIpc) is 4.25. The predicted octanol–water partition coefficient (Wildman–Crippen LogP) is 6.95. The Bertz CT molecular complexity index is 3270. The number of rotatable bonds is 17. The Labute approximate surface area is 406 Å². The highest BCUT2D eigenvalue weighted by molar-refractivity contribution is 6.01. The molecule has 2 atom stereocenters. The molecule has 2 fully saturated rings. The van der Waals surface area contributed by atoms with Gasteiger partial charge in [0.2, 0.25) is 11.8 Å². The largest absolute Gasteiger partial charge is 0.481 e. The highest BCUT2D eigenvalue weighted by Gasteiger charge is 2.30. The van der Waals surface area contributed by atoms with Gasteiger partial charge in [-0.1, -0.05) is 0 Å². The summed E-state index contributed by atoms with van der Waals surface area (Å²) >= 11 is 0. The number of benzene rings is 2. The van der Waals surface area contributed by atoms with Gasteiger partial charge in [-0.15, -0.1) is 0 Å². The molecule has 2 unspecified atom stereocenters. The maximum Gasteiger partial charge on any atom is 0.254 e. The quantitative estimate of drug-likeness (QED) is 0.0902. The topological polar surface area (TPSA) is 182 Å². The van der Waals surface area contributed by atoms with E-state index >= 15 is 0 Å². The van der Waals surface area contributed by atoms with Gasteiger partial charge < -0.3 is 49.0 Å². The Morgan fingerprint density at radius 2 is 1.36 bits per heavy atom. The third kappa shape index (κ3) is 9.25. The first-order valence-electron chi connectivity index (χ1n) is 24.4. The van der Waals surface area contributed by atoms with Crippen molar-refractivity contribution in [3.8, 4) is 34.8 Å². The highest BCUT2D eigenvalue weighted by Crippen LogP contribution is 2.39. The number of ether oxygens (including phenoxy) is 2. The minimum Gasteiger partial charge on any atom is -0.481 e. The van der Waals surface area contributed by atoms with E-state index in [2.05, 4.69) is 49.6 Å². The number of halogens is 1. The van der Waals surface area contributed by atoms with Crippen LogP contribution in [-0.2, 0) is 40.0 Å². The molecule has 1 amide bonds. The maximum absolute atomic E-state index is 13.1. The molecule has 1 aliphatic heterocycles. The van der Waals surface area contributed by atoms with Crippen LogP contribution >= 0.6 is 0 Å². The van der Waals surface area contributed by atoms with Crippen LogP contribution in [-0.4, -0.2) is 126 Å². The maximum atomic E-state index is 13.1. The molecule has 16 nitrogen and oxygen atoms in total. The van der Waals surface area contributed by atoms with Crippen LogP contribution in [0.4, 0.5) is 4.39 Å². The molecule has 2 saturated carbocycles. The molecule has 366 valence electrons. The van der Waals surface area contributed by atoms with Gasteiger partial charge in [-0.05, 0) is 124 Å². The van der Waals surface area contributed by atoms with Gasteiger partial charge >= 0.3 is 0 Å². The van der Waals surface area contributed by atoms with Gasteiger partial charge in [0.15, 0.2) is 11.6 Å². The Balaban J connectivity index is 0.000000162. The molecule has 11 rings (SSSR count). The number of alkyl halides is 1. The summed E-state index contributed by atoms with van der Waals surface area (Å²) in [6.45, 7) is 5.61. The number of aryl methyl sites for hydroxylation is 2. The lowest BCUT2D eigenvalue weighted by atomic mass is 9.97. The molecule has 7 heterocycles. The minimum atomic E-state index is -0.548. The number of aldehydes is 1. The summed E-state index contributed by atoms with van der Waals surface area (Å²) in [7, 11) is 9.25. The lowest BCUT2D eigenvalue weighted by Crippen LogP contribution is -2.43. The lowest BCUT2D eigenvalue weighted by Gasteiger charge is -2.29. The molecule has 0 spiro atoms. The molecule has 6 aromatic heterocycles. The molecule has 2 aliphatic carbocycles. The van der Waals surface area contributed by atoms with Gasteiger partial charge in [0.25, 0.3) is 5.91 Å². The van der Waals surface area contributed by atoms with Crippen molar-refractivity contribution >= 4 is 56.3 Å². The van der Waals surface area contributed by atoms with Crippen molar-refractivity contribution in [1.82, 2.24) is 48.0 Å². The van der Waals surface area contributed by atoms with Gasteiger partial charge in [0.1, 0.15) is 24.3 Å². The van der Waals surface area contributed by atoms with E-state index in [0.29, 0.717) is 61.8 Å². The zero-order valence-corrected chi connectivity index (χ0v) is 41.0. The van der Waals surface area contributed by atoms with Crippen LogP contribution < -0.4 is 20.9 Å². The van der Waals surface area contributed by atoms with Crippen LogP contribution in [0.5, 0.6) is 11.8 Å². The summed E-state index contributed by atoms with van der Waals surface area (Å²) in [4.78, 5) is 48.4. The second kappa shape index (κ2) is 19.2. The molecule has 17 heteroatoms. The van der Waals surface area contributed by atoms with E-state index in [1.807, 2.05) is 67.2 Å². The van der Waals surface area contributed by atoms with E-state index in [4.69, 9.17) is 40.9 Å². The lowest BCUT2D eigenvalue weighted by molar-refractivity contribution is 0.0732. The molecule has 0 radical (unpaired) electrons. The summed E-state index contributed by atoms with van der Waals surface area (Å²) in [6, 6.07) is 19.6. The molecule has 4 N–H and O–H groups in total. The van der Waals surface area contributed by atoms with Crippen LogP contribution in [0.2, 0.25) is 0 Å². The zero-order valence-electron chi connectivity index (χ0n) is 41.0. The molecule has 8 aromatic rings. The minimum absolute atomic E-state index is 0.0451. The van der Waals surface area contributed by atoms with E-state index in [1.54, 1.807) is 14.2 Å². The van der Waals surface area contributed by atoms with E-state index in [9.17, 15) is 14.0 Å². The van der Waals surface area contributed by atoms with Crippen LogP contribution in [0.25, 0.3) is 67.2 Å². The second-order valence-electron chi connectivity index (χ2n) is 19.7. The second-order valence-corrected chi connectivity index (χ2v) is 19.7. The van der Waals surface area contributed by atoms with Crippen LogP contribution in [0.15, 0.2) is 60.7 Å². The van der Waals surface area contributed by atoms with Crippen LogP contribution in [0.3, 0.4) is 0 Å². The smallest absolute Gasteiger partial charge is 0.254 e. The first-order valence-corrected chi connectivity index (χ1v) is 24.4. The number of imidazole rings is 2. The third-order valence-electron chi connectivity index (χ3n) is 14.1. The molecule has 70 heavy (non-hydrogen) atoms. The number of nitrogens with zero attached hydrogens (tertiary/aromatic N) is 10. The van der Waals surface area contributed by atoms with Crippen LogP contribution in [0, 0.1) is 11.8 Å². The van der Waals surface area contributed by atoms with E-state index in [0.717, 1.165) is 110 Å². The number of nitrogens with two attached hydrogens (primary N) is 2. The molecule has 0 bridgehead atoms. The normalized spacial score (nSPS) is 15.8. The molecule has 0 saturated heterocycles. The zero-order chi connectivity index (χ0) is 49.0. The van der Waals surface area contributed by atoms with Crippen molar-refractivity contribution in [2.75, 3.05) is 54.1 Å². The fourth-order valence-electron chi connectivity index (χ4n) is 9.97. The van der Waals surface area contributed by atoms with Crippen molar-refractivity contribution in [2.24, 2.45) is 37.4 Å². The Hall–Kier alpha value is -6.69. The highest BCUT2D eigenvalue weighted by atomic mass is 19.1. The molecule has 2 aromatic carbocycles. The molecular formula is C53H63FN12O4. The number of carbonyl (C=O) groups excluding carboxylic acids is 2. The van der Waals surface area contributed by atoms with Gasteiger partial charge in [-0.2, -0.15) is 9.97 Å². The summed E-state index contributed by atoms with van der Waals surface area (Å²) in [5.41, 5.74) is 22.6. The number of hydrogen-bond acceptors (Lipinski definition) is 11. The first kappa shape index (κ1) is 47.0. The van der Waals surface area contributed by atoms with Crippen LogP contribution in [0.1, 0.15) is 64.4 Å². The van der Waals surface area contributed by atoms with E-state index in [-0.39, 0.29) is 11.9 Å². The fraction of sp³-hybridized carbons (Fsp3) is 0.434. The van der Waals surface area contributed by atoms with Gasteiger partial charge in [0, 0.05) is 99.5 Å². The number of aromatic nitrogens is 8. The molecule has 3 aliphatic rings. The number of likely N-dealkylation sites (N-methyl/N-ethyl adjacent to an activating group) is 1. The summed E-state index contributed by atoms with van der Waals surface area (Å²) < 4.78 is 32.3. The Kier molecular flexibility index (Phi) is 12.9. The number of amides is 1. The number of hydrogen-bond donors (Lipinski definition) is 2. The van der Waals surface area contributed by atoms with Crippen molar-refractivity contribution in [3.05, 3.63) is 82.9 Å². The van der Waals surface area contributed by atoms with Gasteiger partial charge in [0.05, 0.1) is 47.7 Å². The number of methoxy groups -OCH3 is 2. The summed E-state index contributed by atoms with van der Waals surface area (Å²) in [5, 5.41) is 2.12. The van der Waals surface area contributed by atoms with Crippen molar-refractivity contribution < 1.29 is 23.5 Å². The number of pyridine rings is 2. The van der Waals surface area contributed by atoms with Crippen molar-refractivity contribution in [1.29, 1.82) is 0 Å². The van der Waals surface area contributed by atoms with Gasteiger partial charge in [-0.25, -0.2) is 14.4 Å². The monoisotopic (exact) mass is 951 g/mol. The summed E-state index contributed by atoms with van der Waals surface area (Å²) in [6.07, 6.45) is 7.32. The SMILES string of the molecule is COc1ccc2cc(-c3nc4cc(C=O)c(CCN(C)CC(N)CF)cc4n3C)n(CC3CC3)c2n1.COc1ccc2cc(-c3nc4cc5c(cc4n3C)CCN(CC(C)N)C5=O)n(CC3CC3)c2n1. The van der Waals surface area contributed by atoms with Gasteiger partial charge in [-0.3, -0.25) is 9.59 Å². The average molecular weight is 951 g/mol. The van der Waals surface area contributed by atoms with E-state index in [1.165, 1.54) is 25.7 Å².